The van der Waals surface area contributed by atoms with Crippen molar-refractivity contribution < 1.29 is 0 Å². The van der Waals surface area contributed by atoms with Crippen LogP contribution < -0.4 is 25.6 Å². The molecule has 0 fully saturated rings. The Morgan fingerprint density at radius 1 is 0.385 bits per heavy atom. The van der Waals surface area contributed by atoms with E-state index in [-0.39, 0.29) is 0 Å². The van der Waals surface area contributed by atoms with Crippen molar-refractivity contribution in [3.8, 4) is 0 Å². The van der Waals surface area contributed by atoms with Gasteiger partial charge in [0.25, 0.3) is 0 Å². The molecule has 1 aliphatic heterocycles. The van der Waals surface area contributed by atoms with E-state index in [9.17, 15) is 0 Å². The maximum Gasteiger partial charge on any atom is 0.181 e. The molecule has 39 heavy (non-hydrogen) atoms. The maximum atomic E-state index is 2.42. The van der Waals surface area contributed by atoms with Crippen molar-refractivity contribution in [2.24, 2.45) is 0 Å². The van der Waals surface area contributed by atoms with Crippen molar-refractivity contribution >= 4 is 57.6 Å². The molecule has 1 heterocycles. The highest BCUT2D eigenvalue weighted by Crippen LogP contribution is 2.39. The third-order valence-corrected chi connectivity index (χ3v) is 14.0. The zero-order valence-corrected chi connectivity index (χ0v) is 23.3. The molecule has 0 saturated carbocycles. The largest absolute Gasteiger partial charge is 0.310 e. The highest BCUT2D eigenvalue weighted by molar-refractivity contribution is 8.00. The quantitative estimate of drug-likeness (QED) is 0.219. The lowest BCUT2D eigenvalue weighted by molar-refractivity contribution is 1.26. The van der Waals surface area contributed by atoms with Crippen LogP contribution in [0.4, 0.5) is 17.1 Å². The van der Waals surface area contributed by atoms with Gasteiger partial charge in [0.05, 0.1) is 0 Å². The molecule has 0 N–H and O–H groups in total. The van der Waals surface area contributed by atoms with Gasteiger partial charge in [-0.25, -0.2) is 0 Å². The topological polar surface area (TPSA) is 3.24 Å². The van der Waals surface area contributed by atoms with Crippen molar-refractivity contribution in [2.75, 3.05) is 4.90 Å². The van der Waals surface area contributed by atoms with Crippen LogP contribution in [0.25, 0.3) is 0 Å². The minimum absolute atomic E-state index is 1.15. The highest BCUT2D eigenvalue weighted by atomic mass is 32.2. The molecule has 0 radical (unpaired) electrons. The highest BCUT2D eigenvalue weighted by Gasteiger charge is 2.46. The van der Waals surface area contributed by atoms with Gasteiger partial charge in [0, 0.05) is 26.9 Å². The van der Waals surface area contributed by atoms with Gasteiger partial charge in [0.1, 0.15) is 0 Å². The van der Waals surface area contributed by atoms with E-state index in [0.29, 0.717) is 0 Å². The molecular weight excluding hydrogens is 507 g/mol. The Hall–Kier alpha value is -4.31. The Kier molecular flexibility index (Phi) is 6.16. The maximum absolute atomic E-state index is 2.53. The minimum atomic E-state index is -2.53. The predicted octanol–water partition coefficient (Wildman–Crippen LogP) is 7.00. The summed E-state index contributed by atoms with van der Waals surface area (Å²) in [7, 11) is -2.53. The summed E-state index contributed by atoms with van der Waals surface area (Å²) >= 11 is 1.90. The summed E-state index contributed by atoms with van der Waals surface area (Å²) in [6.45, 7) is 0. The van der Waals surface area contributed by atoms with Crippen LogP contribution in [0, 0.1) is 0 Å². The summed E-state index contributed by atoms with van der Waals surface area (Å²) < 4.78 is 0. The summed E-state index contributed by atoms with van der Waals surface area (Å²) in [5, 5.41) is 5.76. The second-order valence-electron chi connectivity index (χ2n) is 9.77. The van der Waals surface area contributed by atoms with Crippen molar-refractivity contribution in [3.05, 3.63) is 164 Å². The predicted molar refractivity (Wildman–Crippen MR) is 169 cm³/mol. The molecular formula is C36H27NSSi. The van der Waals surface area contributed by atoms with Gasteiger partial charge < -0.3 is 4.90 Å². The lowest BCUT2D eigenvalue weighted by Crippen LogP contribution is -2.76. The van der Waals surface area contributed by atoms with Crippen LogP contribution in [-0.4, -0.2) is 8.07 Å². The molecule has 0 spiro atoms. The number of nitrogens with zero attached hydrogens (tertiary/aromatic N) is 1. The minimum Gasteiger partial charge on any atom is -0.310 e. The first-order valence-electron chi connectivity index (χ1n) is 13.3. The van der Waals surface area contributed by atoms with Crippen LogP contribution in [0.15, 0.2) is 174 Å². The lowest BCUT2D eigenvalue weighted by atomic mass is 10.2. The van der Waals surface area contributed by atoms with Crippen molar-refractivity contribution in [1.82, 2.24) is 0 Å². The third kappa shape index (κ3) is 4.02. The smallest absolute Gasteiger partial charge is 0.181 e. The summed E-state index contributed by atoms with van der Waals surface area (Å²) in [6.07, 6.45) is 0. The van der Waals surface area contributed by atoms with Gasteiger partial charge in [0.15, 0.2) is 8.07 Å². The lowest BCUT2D eigenvalue weighted by Gasteiger charge is -2.40. The number of hydrogen-bond acceptors (Lipinski definition) is 2. The molecule has 0 atom stereocenters. The Morgan fingerprint density at radius 3 is 1.41 bits per heavy atom. The standard InChI is InChI=1S/C36H27NSSi/c1-5-15-28(16-6-1)37(29-17-7-2-8-18-29)30-25-26-36-34(27-30)38-33-23-13-14-24-35(33)39(36,31-19-9-3-10-20-31)32-21-11-4-12-22-32/h1-27H. The SMILES string of the molecule is c1ccc(N(c2ccccc2)c2ccc3c(c2)Sc2ccccc2[Si]3(c2ccccc2)c2ccccc2)cc1. The normalized spacial score (nSPS) is 13.2. The number of benzene rings is 6. The molecule has 0 bridgehead atoms. The molecule has 1 nitrogen and oxygen atoms in total. The third-order valence-electron chi connectivity index (χ3n) is 7.58. The number of hydrogen-bond donors (Lipinski definition) is 0. The average Bonchev–Trinajstić information content (AvgIpc) is 3.02. The van der Waals surface area contributed by atoms with Crippen LogP contribution in [0.1, 0.15) is 0 Å². The summed E-state index contributed by atoms with van der Waals surface area (Å²) in [5.74, 6) is 0. The zero-order chi connectivity index (χ0) is 26.1. The fourth-order valence-electron chi connectivity index (χ4n) is 5.94. The Bertz CT molecular complexity index is 1640. The fraction of sp³-hybridized carbons (Fsp3) is 0. The number of anilines is 3. The molecule has 0 saturated heterocycles. The molecule has 0 aliphatic carbocycles. The number of rotatable bonds is 5. The van der Waals surface area contributed by atoms with Gasteiger partial charge in [-0.15, -0.1) is 0 Å². The van der Waals surface area contributed by atoms with Crippen molar-refractivity contribution in [1.29, 1.82) is 0 Å². The average molecular weight is 534 g/mol. The van der Waals surface area contributed by atoms with E-state index in [2.05, 4.69) is 169 Å². The summed E-state index contributed by atoms with van der Waals surface area (Å²) in [5.41, 5.74) is 3.47. The van der Waals surface area contributed by atoms with Crippen LogP contribution in [0.2, 0.25) is 0 Å². The van der Waals surface area contributed by atoms with Crippen molar-refractivity contribution in [2.45, 2.75) is 9.79 Å². The van der Waals surface area contributed by atoms with Gasteiger partial charge >= 0.3 is 0 Å². The number of para-hydroxylation sites is 2. The molecule has 0 aromatic heterocycles. The van der Waals surface area contributed by atoms with Crippen molar-refractivity contribution in [3.63, 3.8) is 0 Å². The summed E-state index contributed by atoms with van der Waals surface area (Å²) in [6, 6.07) is 59.9. The van der Waals surface area contributed by atoms with Gasteiger partial charge in [0.2, 0.25) is 0 Å². The molecule has 1 aliphatic rings. The monoisotopic (exact) mass is 533 g/mol. The fourth-order valence-corrected chi connectivity index (χ4v) is 12.9. The molecule has 3 heteroatoms. The van der Waals surface area contributed by atoms with E-state index in [1.165, 1.54) is 36.2 Å². The van der Waals surface area contributed by atoms with Gasteiger partial charge in [-0.05, 0) is 63.2 Å². The second kappa shape index (κ2) is 10.1. The Balaban J connectivity index is 1.51. The Labute approximate surface area is 235 Å². The molecule has 186 valence electrons. The van der Waals surface area contributed by atoms with E-state index >= 15 is 0 Å². The molecule has 6 aromatic carbocycles. The van der Waals surface area contributed by atoms with Crippen LogP contribution in [-0.2, 0) is 0 Å². The molecule has 7 rings (SSSR count). The summed E-state index contributed by atoms with van der Waals surface area (Å²) in [4.78, 5) is 5.05. The van der Waals surface area contributed by atoms with E-state index in [4.69, 9.17) is 0 Å². The first-order valence-corrected chi connectivity index (χ1v) is 16.1. The van der Waals surface area contributed by atoms with Gasteiger partial charge in [-0.3, -0.25) is 0 Å². The van der Waals surface area contributed by atoms with Gasteiger partial charge in [-0.1, -0.05) is 133 Å². The number of fused-ring (bicyclic) bond motifs is 2. The second-order valence-corrected chi connectivity index (χ2v) is 14.6. The van der Waals surface area contributed by atoms with Crippen LogP contribution in [0.5, 0.6) is 0 Å². The Morgan fingerprint density at radius 2 is 0.846 bits per heavy atom. The first-order chi connectivity index (χ1) is 19.4. The zero-order valence-electron chi connectivity index (χ0n) is 21.4. The van der Waals surface area contributed by atoms with E-state index < -0.39 is 8.07 Å². The van der Waals surface area contributed by atoms with Crippen LogP contribution in [0.3, 0.4) is 0 Å². The van der Waals surface area contributed by atoms with Crippen LogP contribution >= 0.6 is 11.8 Å². The molecule has 0 amide bonds. The van der Waals surface area contributed by atoms with Gasteiger partial charge in [-0.2, -0.15) is 0 Å². The van der Waals surface area contributed by atoms with E-state index in [1.54, 1.807) is 0 Å². The molecule has 0 unspecified atom stereocenters. The van der Waals surface area contributed by atoms with E-state index in [1.807, 2.05) is 11.8 Å². The first kappa shape index (κ1) is 23.8. The molecule has 6 aromatic rings. The van der Waals surface area contributed by atoms with E-state index in [0.717, 1.165) is 11.4 Å².